The summed E-state index contributed by atoms with van der Waals surface area (Å²) < 4.78 is 42.6. The fraction of sp³-hybridized carbons (Fsp3) is 0.667. The van der Waals surface area contributed by atoms with E-state index in [1.54, 1.807) is 0 Å². The van der Waals surface area contributed by atoms with Gasteiger partial charge in [-0.05, 0) is 25.0 Å². The minimum Gasteiger partial charge on any atom is -0.381 e. The summed E-state index contributed by atoms with van der Waals surface area (Å²) in [6.45, 7) is 3.08. The first-order chi connectivity index (χ1) is 8.99. The van der Waals surface area contributed by atoms with Crippen LogP contribution in [0, 0.1) is 5.41 Å². The van der Waals surface area contributed by atoms with Gasteiger partial charge in [0.1, 0.15) is 0 Å². The lowest BCUT2D eigenvalue weighted by molar-refractivity contribution is -0.141. The van der Waals surface area contributed by atoms with Crippen molar-refractivity contribution in [1.29, 1.82) is 0 Å². The number of hydrogen-bond donors (Lipinski definition) is 0. The van der Waals surface area contributed by atoms with Gasteiger partial charge in [-0.1, -0.05) is 0 Å². The molecule has 7 heteroatoms. The second-order valence-electron chi connectivity index (χ2n) is 5.25. The van der Waals surface area contributed by atoms with Crippen LogP contribution in [0.25, 0.3) is 0 Å². The van der Waals surface area contributed by atoms with Crippen molar-refractivity contribution in [3.8, 4) is 0 Å². The van der Waals surface area contributed by atoms with Crippen molar-refractivity contribution in [2.45, 2.75) is 19.0 Å². The van der Waals surface area contributed by atoms with Crippen molar-refractivity contribution in [2.75, 3.05) is 31.2 Å². The molecule has 0 aromatic carbocycles. The van der Waals surface area contributed by atoms with E-state index < -0.39 is 11.9 Å². The minimum absolute atomic E-state index is 0.157. The molecule has 1 unspecified atom stereocenters. The van der Waals surface area contributed by atoms with Gasteiger partial charge in [0.05, 0.1) is 6.61 Å². The van der Waals surface area contributed by atoms with Gasteiger partial charge in [0.15, 0.2) is 11.5 Å². The third-order valence-electron chi connectivity index (χ3n) is 3.89. The predicted molar refractivity (Wildman–Crippen MR) is 61.7 cm³/mol. The van der Waals surface area contributed by atoms with E-state index in [1.165, 1.54) is 6.07 Å². The maximum atomic E-state index is 12.4. The first-order valence-electron chi connectivity index (χ1n) is 6.22. The number of aromatic nitrogens is 2. The molecule has 104 valence electrons. The molecule has 1 aromatic rings. The zero-order valence-electron chi connectivity index (χ0n) is 10.3. The van der Waals surface area contributed by atoms with Crippen molar-refractivity contribution >= 4 is 5.82 Å². The quantitative estimate of drug-likeness (QED) is 0.785. The van der Waals surface area contributed by atoms with E-state index in [-0.39, 0.29) is 5.41 Å². The zero-order valence-corrected chi connectivity index (χ0v) is 10.3. The van der Waals surface area contributed by atoms with Crippen molar-refractivity contribution in [1.82, 2.24) is 10.2 Å². The molecule has 1 atom stereocenters. The number of alkyl halides is 3. The van der Waals surface area contributed by atoms with E-state index in [0.717, 1.165) is 45.2 Å². The van der Waals surface area contributed by atoms with Crippen molar-refractivity contribution in [3.05, 3.63) is 17.8 Å². The molecule has 3 rings (SSSR count). The Morgan fingerprint density at radius 1 is 1.21 bits per heavy atom. The molecule has 0 bridgehead atoms. The van der Waals surface area contributed by atoms with Crippen LogP contribution >= 0.6 is 0 Å². The summed E-state index contributed by atoms with van der Waals surface area (Å²) in [4.78, 5) is 1.99. The lowest BCUT2D eigenvalue weighted by Gasteiger charge is -2.22. The number of nitrogens with zero attached hydrogens (tertiary/aromatic N) is 3. The Labute approximate surface area is 108 Å². The average molecular weight is 273 g/mol. The fourth-order valence-corrected chi connectivity index (χ4v) is 2.75. The Bertz CT molecular complexity index is 454. The normalized spacial score (nSPS) is 27.4. The van der Waals surface area contributed by atoms with Gasteiger partial charge in [-0.25, -0.2) is 0 Å². The number of halogens is 3. The standard InChI is InChI=1S/C12H14F3N3O/c13-12(14,15)9-1-2-10(17-16-9)18-5-3-11(7-18)4-6-19-8-11/h1-2H,3-8H2. The van der Waals surface area contributed by atoms with Crippen LogP contribution in [0.2, 0.25) is 0 Å². The molecule has 2 aliphatic heterocycles. The molecule has 1 aromatic heterocycles. The highest BCUT2D eigenvalue weighted by molar-refractivity contribution is 5.40. The van der Waals surface area contributed by atoms with Gasteiger partial charge in [-0.15, -0.1) is 10.2 Å². The second-order valence-corrected chi connectivity index (χ2v) is 5.25. The number of hydrogen-bond acceptors (Lipinski definition) is 4. The van der Waals surface area contributed by atoms with Crippen LogP contribution in [0.5, 0.6) is 0 Å². The molecule has 0 amide bonds. The molecule has 2 fully saturated rings. The summed E-state index contributed by atoms with van der Waals surface area (Å²) in [6, 6.07) is 2.38. The highest BCUT2D eigenvalue weighted by Gasteiger charge is 2.42. The lowest BCUT2D eigenvalue weighted by Crippen LogP contribution is -2.28. The number of anilines is 1. The fourth-order valence-electron chi connectivity index (χ4n) is 2.75. The second kappa shape index (κ2) is 4.33. The first-order valence-corrected chi connectivity index (χ1v) is 6.22. The van der Waals surface area contributed by atoms with Crippen LogP contribution in [-0.2, 0) is 10.9 Å². The summed E-state index contributed by atoms with van der Waals surface area (Å²) in [7, 11) is 0. The number of ether oxygens (including phenoxy) is 1. The molecule has 4 nitrogen and oxygen atoms in total. The van der Waals surface area contributed by atoms with Gasteiger partial charge < -0.3 is 9.64 Å². The van der Waals surface area contributed by atoms with Gasteiger partial charge in [-0.2, -0.15) is 13.2 Å². The first kappa shape index (κ1) is 12.7. The summed E-state index contributed by atoms with van der Waals surface area (Å²) in [5.41, 5.74) is -0.793. The maximum absolute atomic E-state index is 12.4. The third kappa shape index (κ3) is 2.39. The van der Waals surface area contributed by atoms with Crippen molar-refractivity contribution in [2.24, 2.45) is 5.41 Å². The summed E-state index contributed by atoms with van der Waals surface area (Å²) in [5, 5.41) is 6.96. The van der Waals surface area contributed by atoms with E-state index in [4.69, 9.17) is 4.74 Å². The summed E-state index contributed by atoms with van der Waals surface area (Å²) in [6.07, 6.45) is -2.43. The van der Waals surface area contributed by atoms with Crippen LogP contribution in [0.1, 0.15) is 18.5 Å². The Balaban J connectivity index is 1.73. The Kier molecular flexibility index (Phi) is 2.88. The molecule has 2 saturated heterocycles. The molecule has 0 N–H and O–H groups in total. The molecule has 0 saturated carbocycles. The van der Waals surface area contributed by atoms with Crippen LogP contribution in [0.3, 0.4) is 0 Å². The van der Waals surface area contributed by atoms with E-state index in [2.05, 4.69) is 10.2 Å². The van der Waals surface area contributed by atoms with Crippen LogP contribution in [0.15, 0.2) is 12.1 Å². The van der Waals surface area contributed by atoms with Gasteiger partial charge in [0.2, 0.25) is 0 Å². The van der Waals surface area contributed by atoms with Gasteiger partial charge in [-0.3, -0.25) is 0 Å². The van der Waals surface area contributed by atoms with E-state index >= 15 is 0 Å². The lowest BCUT2D eigenvalue weighted by atomic mass is 9.87. The van der Waals surface area contributed by atoms with Crippen LogP contribution in [0.4, 0.5) is 19.0 Å². The molecular weight excluding hydrogens is 259 g/mol. The topological polar surface area (TPSA) is 38.2 Å². The van der Waals surface area contributed by atoms with E-state index in [0.29, 0.717) is 5.82 Å². The molecule has 0 radical (unpaired) electrons. The molecule has 3 heterocycles. The van der Waals surface area contributed by atoms with Gasteiger partial charge in [0.25, 0.3) is 0 Å². The smallest absolute Gasteiger partial charge is 0.381 e. The Morgan fingerprint density at radius 3 is 2.63 bits per heavy atom. The highest BCUT2D eigenvalue weighted by atomic mass is 19.4. The molecule has 0 aliphatic carbocycles. The van der Waals surface area contributed by atoms with Crippen LogP contribution < -0.4 is 4.90 Å². The summed E-state index contributed by atoms with van der Waals surface area (Å²) >= 11 is 0. The summed E-state index contributed by atoms with van der Waals surface area (Å²) in [5.74, 6) is 0.511. The largest absolute Gasteiger partial charge is 0.435 e. The van der Waals surface area contributed by atoms with E-state index in [9.17, 15) is 13.2 Å². The van der Waals surface area contributed by atoms with Gasteiger partial charge in [0, 0.05) is 25.1 Å². The maximum Gasteiger partial charge on any atom is 0.435 e. The molecule has 19 heavy (non-hydrogen) atoms. The SMILES string of the molecule is FC(F)(F)c1ccc(N2CCC3(CCOC3)C2)nn1. The van der Waals surface area contributed by atoms with Crippen molar-refractivity contribution in [3.63, 3.8) is 0 Å². The molecule has 1 spiro atoms. The monoisotopic (exact) mass is 273 g/mol. The predicted octanol–water partition coefficient (Wildman–Crippen LogP) is 2.11. The Morgan fingerprint density at radius 2 is 2.05 bits per heavy atom. The third-order valence-corrected chi connectivity index (χ3v) is 3.89. The zero-order chi connectivity index (χ0) is 13.5. The van der Waals surface area contributed by atoms with Crippen molar-refractivity contribution < 1.29 is 17.9 Å². The van der Waals surface area contributed by atoms with Gasteiger partial charge >= 0.3 is 6.18 Å². The van der Waals surface area contributed by atoms with E-state index in [1.807, 2.05) is 4.90 Å². The highest BCUT2D eigenvalue weighted by Crippen LogP contribution is 2.39. The molecular formula is C12H14F3N3O. The van der Waals surface area contributed by atoms with Crippen LogP contribution in [-0.4, -0.2) is 36.5 Å². The minimum atomic E-state index is -4.43. The Hall–Kier alpha value is -1.37. The average Bonchev–Trinajstić information content (AvgIpc) is 3.00. The number of rotatable bonds is 1. The molecule has 2 aliphatic rings.